The maximum absolute atomic E-state index is 6.18. The Morgan fingerprint density at radius 2 is 2.04 bits per heavy atom. The summed E-state index contributed by atoms with van der Waals surface area (Å²) in [7, 11) is 1.63. The van der Waals surface area contributed by atoms with Gasteiger partial charge in [0, 0.05) is 10.6 Å². The SMILES string of the molecule is COc1ccc(-c2nnc3sc(CNc4cc(Cl)ccc4Cl)nn23)cc1Br. The zero-order valence-electron chi connectivity index (χ0n) is 13.9. The lowest BCUT2D eigenvalue weighted by atomic mass is 10.2. The number of halogens is 3. The monoisotopic (exact) mass is 483 g/mol. The van der Waals surface area contributed by atoms with Crippen LogP contribution in [0.3, 0.4) is 0 Å². The van der Waals surface area contributed by atoms with Crippen molar-refractivity contribution < 1.29 is 4.74 Å². The van der Waals surface area contributed by atoms with E-state index in [0.29, 0.717) is 27.4 Å². The molecule has 27 heavy (non-hydrogen) atoms. The smallest absolute Gasteiger partial charge is 0.235 e. The van der Waals surface area contributed by atoms with Crippen LogP contribution < -0.4 is 10.1 Å². The minimum atomic E-state index is 0.500. The van der Waals surface area contributed by atoms with Gasteiger partial charge in [0.1, 0.15) is 10.8 Å². The highest BCUT2D eigenvalue weighted by atomic mass is 79.9. The van der Waals surface area contributed by atoms with Crippen LogP contribution in [-0.2, 0) is 6.54 Å². The molecule has 0 unspecified atom stereocenters. The molecular weight excluding hydrogens is 473 g/mol. The molecule has 1 N–H and O–H groups in total. The van der Waals surface area contributed by atoms with Gasteiger partial charge in [-0.15, -0.1) is 10.2 Å². The summed E-state index contributed by atoms with van der Waals surface area (Å²) in [4.78, 5) is 0.714. The largest absolute Gasteiger partial charge is 0.496 e. The molecule has 10 heteroatoms. The van der Waals surface area contributed by atoms with E-state index in [1.54, 1.807) is 29.8 Å². The fourth-order valence-electron chi connectivity index (χ4n) is 2.52. The number of hydrogen-bond donors (Lipinski definition) is 1. The van der Waals surface area contributed by atoms with E-state index in [9.17, 15) is 0 Å². The molecule has 0 radical (unpaired) electrons. The third-order valence-corrected chi connectivity index (χ3v) is 5.88. The minimum absolute atomic E-state index is 0.500. The quantitative estimate of drug-likeness (QED) is 0.402. The highest BCUT2D eigenvalue weighted by Gasteiger charge is 2.15. The van der Waals surface area contributed by atoms with Gasteiger partial charge in [0.25, 0.3) is 0 Å². The Labute approximate surface area is 177 Å². The lowest BCUT2D eigenvalue weighted by Crippen LogP contribution is -2.01. The second kappa shape index (κ2) is 7.63. The van der Waals surface area contributed by atoms with Gasteiger partial charge < -0.3 is 10.1 Å². The zero-order valence-corrected chi connectivity index (χ0v) is 17.8. The maximum Gasteiger partial charge on any atom is 0.235 e. The van der Waals surface area contributed by atoms with Crippen molar-refractivity contribution in [1.82, 2.24) is 19.8 Å². The Bertz CT molecular complexity index is 1130. The van der Waals surface area contributed by atoms with Crippen molar-refractivity contribution >= 4 is 61.1 Å². The number of nitrogens with one attached hydrogen (secondary N) is 1. The molecule has 0 saturated heterocycles. The van der Waals surface area contributed by atoms with E-state index in [1.807, 2.05) is 18.2 Å². The Morgan fingerprint density at radius 1 is 1.19 bits per heavy atom. The molecule has 0 aliphatic heterocycles. The minimum Gasteiger partial charge on any atom is -0.496 e. The van der Waals surface area contributed by atoms with Crippen LogP contribution in [0.1, 0.15) is 5.01 Å². The lowest BCUT2D eigenvalue weighted by molar-refractivity contribution is 0.412. The summed E-state index contributed by atoms with van der Waals surface area (Å²) in [6.45, 7) is 0.500. The molecule has 0 spiro atoms. The average molecular weight is 485 g/mol. The number of rotatable bonds is 5. The Balaban J connectivity index is 1.60. The van der Waals surface area contributed by atoms with Crippen LogP contribution in [0, 0.1) is 0 Å². The van der Waals surface area contributed by atoms with Gasteiger partial charge in [-0.3, -0.25) is 0 Å². The Morgan fingerprint density at radius 3 is 2.81 bits per heavy atom. The number of benzene rings is 2. The summed E-state index contributed by atoms with van der Waals surface area (Å²) in [5.74, 6) is 1.41. The van der Waals surface area contributed by atoms with E-state index in [4.69, 9.17) is 27.9 Å². The molecule has 4 rings (SSSR count). The van der Waals surface area contributed by atoms with E-state index >= 15 is 0 Å². The van der Waals surface area contributed by atoms with Gasteiger partial charge in [0.05, 0.1) is 28.8 Å². The van der Waals surface area contributed by atoms with Crippen molar-refractivity contribution in [1.29, 1.82) is 0 Å². The molecule has 2 aromatic heterocycles. The summed E-state index contributed by atoms with van der Waals surface area (Å²) < 4.78 is 7.84. The molecule has 6 nitrogen and oxygen atoms in total. The van der Waals surface area contributed by atoms with Gasteiger partial charge in [0.15, 0.2) is 5.82 Å². The second-order valence-electron chi connectivity index (χ2n) is 5.54. The molecular formula is C17H12BrCl2N5OS. The van der Waals surface area contributed by atoms with Crippen LogP contribution >= 0.6 is 50.5 Å². The summed E-state index contributed by atoms with van der Waals surface area (Å²) in [5, 5.41) is 18.4. The van der Waals surface area contributed by atoms with E-state index in [-0.39, 0.29) is 0 Å². The van der Waals surface area contributed by atoms with Crippen LogP contribution in [0.15, 0.2) is 40.9 Å². The van der Waals surface area contributed by atoms with E-state index < -0.39 is 0 Å². The first-order chi connectivity index (χ1) is 13.0. The molecule has 2 heterocycles. The summed E-state index contributed by atoms with van der Waals surface area (Å²) in [6, 6.07) is 11.0. The van der Waals surface area contributed by atoms with Crippen molar-refractivity contribution in [2.75, 3.05) is 12.4 Å². The van der Waals surface area contributed by atoms with Crippen LogP contribution in [0.2, 0.25) is 10.0 Å². The zero-order chi connectivity index (χ0) is 19.0. The van der Waals surface area contributed by atoms with E-state index in [2.05, 4.69) is 36.5 Å². The normalized spacial score (nSPS) is 11.1. The third kappa shape index (κ3) is 3.75. The molecule has 0 bridgehead atoms. The molecule has 0 aliphatic carbocycles. The first kappa shape index (κ1) is 18.5. The molecule has 0 aliphatic rings. The van der Waals surface area contributed by atoms with Crippen LogP contribution in [0.4, 0.5) is 5.69 Å². The van der Waals surface area contributed by atoms with Crippen molar-refractivity contribution in [3.63, 3.8) is 0 Å². The van der Waals surface area contributed by atoms with Gasteiger partial charge in [-0.1, -0.05) is 34.5 Å². The Kier molecular flexibility index (Phi) is 5.23. The van der Waals surface area contributed by atoms with Crippen LogP contribution in [-0.4, -0.2) is 26.9 Å². The molecule has 0 saturated carbocycles. The Hall–Kier alpha value is -1.87. The summed E-state index contributed by atoms with van der Waals surface area (Å²) >= 11 is 17.2. The number of nitrogens with zero attached hydrogens (tertiary/aromatic N) is 4. The number of methoxy groups -OCH3 is 1. The van der Waals surface area contributed by atoms with Crippen molar-refractivity contribution in [2.45, 2.75) is 6.54 Å². The van der Waals surface area contributed by atoms with Crippen molar-refractivity contribution in [3.8, 4) is 17.1 Å². The highest BCUT2D eigenvalue weighted by Crippen LogP contribution is 2.31. The molecule has 0 fully saturated rings. The molecule has 2 aromatic carbocycles. The summed E-state index contributed by atoms with van der Waals surface area (Å²) in [6.07, 6.45) is 0. The van der Waals surface area contributed by atoms with Gasteiger partial charge in [-0.2, -0.15) is 9.61 Å². The molecule has 0 atom stereocenters. The molecule has 138 valence electrons. The standard InChI is InChI=1S/C17H12BrCl2N5OS/c1-26-14-5-2-9(6-11(14)18)16-22-23-17-25(16)24-15(27-17)8-21-13-7-10(19)3-4-12(13)20/h2-7,21H,8H2,1H3. The number of hydrogen-bond acceptors (Lipinski definition) is 6. The first-order valence-electron chi connectivity index (χ1n) is 7.79. The first-order valence-corrected chi connectivity index (χ1v) is 10.2. The van der Waals surface area contributed by atoms with Crippen molar-refractivity contribution in [3.05, 3.63) is 55.9 Å². The number of ether oxygens (including phenoxy) is 1. The van der Waals surface area contributed by atoms with Crippen molar-refractivity contribution in [2.24, 2.45) is 0 Å². The fraction of sp³-hybridized carbons (Fsp3) is 0.118. The van der Waals surface area contributed by atoms with E-state index in [1.165, 1.54) is 11.3 Å². The van der Waals surface area contributed by atoms with Gasteiger partial charge >= 0.3 is 0 Å². The third-order valence-electron chi connectivity index (χ3n) is 3.80. The van der Waals surface area contributed by atoms with Gasteiger partial charge in [-0.25, -0.2) is 0 Å². The predicted octanol–water partition coefficient (Wildman–Crippen LogP) is 5.54. The maximum atomic E-state index is 6.18. The molecule has 4 aromatic rings. The summed E-state index contributed by atoms with van der Waals surface area (Å²) in [5.41, 5.74) is 1.65. The number of aromatic nitrogens is 4. The van der Waals surface area contributed by atoms with E-state index in [0.717, 1.165) is 26.5 Å². The van der Waals surface area contributed by atoms with Gasteiger partial charge in [0.2, 0.25) is 4.96 Å². The average Bonchev–Trinajstić information content (AvgIpc) is 3.22. The fourth-order valence-corrected chi connectivity index (χ4v) is 4.19. The van der Waals surface area contributed by atoms with Crippen LogP contribution in [0.5, 0.6) is 5.75 Å². The predicted molar refractivity (Wildman–Crippen MR) is 112 cm³/mol. The second-order valence-corrected chi connectivity index (χ2v) is 8.28. The molecule has 0 amide bonds. The number of anilines is 1. The van der Waals surface area contributed by atoms with Crippen LogP contribution in [0.25, 0.3) is 16.3 Å². The van der Waals surface area contributed by atoms with Gasteiger partial charge in [-0.05, 0) is 52.3 Å². The topological polar surface area (TPSA) is 64.3 Å². The number of fused-ring (bicyclic) bond motifs is 1. The highest BCUT2D eigenvalue weighted by molar-refractivity contribution is 9.10. The lowest BCUT2D eigenvalue weighted by Gasteiger charge is -2.06.